The van der Waals surface area contributed by atoms with Crippen LogP contribution in [0.2, 0.25) is 0 Å². The largest absolute Gasteiger partial charge is 0.475 e. The molecule has 0 amide bonds. The summed E-state index contributed by atoms with van der Waals surface area (Å²) in [6, 6.07) is 9.91. The highest BCUT2D eigenvalue weighted by Gasteiger charge is 2.40. The highest BCUT2D eigenvalue weighted by atomic mass is 16.5. The molecule has 6 aromatic heterocycles. The molecule has 15 nitrogen and oxygen atoms in total. The number of morpholine rings is 2. The number of nitrogens with zero attached hydrogens (tertiary/aromatic N) is 10. The Kier molecular flexibility index (Phi) is 7.88. The second-order valence-corrected chi connectivity index (χ2v) is 13.7. The van der Waals surface area contributed by atoms with Gasteiger partial charge in [-0.3, -0.25) is 5.10 Å². The van der Waals surface area contributed by atoms with E-state index in [1.807, 2.05) is 44.3 Å². The molecule has 3 aliphatic rings. The van der Waals surface area contributed by atoms with Crippen LogP contribution in [0.3, 0.4) is 0 Å². The number of pyridine rings is 3. The van der Waals surface area contributed by atoms with Crippen molar-refractivity contribution in [1.82, 2.24) is 44.9 Å². The Balaban J connectivity index is 1.21. The summed E-state index contributed by atoms with van der Waals surface area (Å²) in [4.78, 5) is 28.5. The molecule has 0 atom stereocenters. The third-order valence-corrected chi connectivity index (χ3v) is 9.45. The standard InChI is InChI=1S/C36H39N11O4/c1-22(2)50-31-17-24-27(20-38-31)42-43-34(24)26-19-30(46-10-14-49-15-11-46)41-35(40-26)47-28-21-39-32(51-36(3)5-6-36)18-25(28)33(44-47)23-4-7-37-29(16-23)45-8-12-48-13-9-45/h4,7,16-22H,5-6,8-15H2,1-3H3,(H,42,43). The van der Waals surface area contributed by atoms with Gasteiger partial charge in [-0.15, -0.1) is 0 Å². The molecule has 9 rings (SSSR count). The van der Waals surface area contributed by atoms with Crippen LogP contribution in [0.5, 0.6) is 11.8 Å². The minimum atomic E-state index is -0.191. The molecule has 1 N–H and O–H groups in total. The summed E-state index contributed by atoms with van der Waals surface area (Å²) < 4.78 is 25.3. The highest BCUT2D eigenvalue weighted by molar-refractivity contribution is 5.95. The monoisotopic (exact) mass is 689 g/mol. The molecule has 51 heavy (non-hydrogen) atoms. The number of anilines is 2. The fourth-order valence-corrected chi connectivity index (χ4v) is 6.47. The minimum Gasteiger partial charge on any atom is -0.475 e. The smallest absolute Gasteiger partial charge is 0.253 e. The van der Waals surface area contributed by atoms with Crippen LogP contribution in [0.25, 0.3) is 50.4 Å². The molecule has 6 aromatic rings. The average molecular weight is 690 g/mol. The molecule has 15 heteroatoms. The third-order valence-electron chi connectivity index (χ3n) is 9.45. The zero-order valence-electron chi connectivity index (χ0n) is 28.9. The van der Waals surface area contributed by atoms with Crippen LogP contribution in [0.15, 0.2) is 48.9 Å². The van der Waals surface area contributed by atoms with Crippen LogP contribution >= 0.6 is 0 Å². The molecule has 2 aliphatic heterocycles. The lowest BCUT2D eigenvalue weighted by Gasteiger charge is -2.28. The van der Waals surface area contributed by atoms with E-state index in [1.54, 1.807) is 17.1 Å². The van der Waals surface area contributed by atoms with Gasteiger partial charge in [-0.05, 0) is 45.7 Å². The molecule has 0 radical (unpaired) electrons. The van der Waals surface area contributed by atoms with Gasteiger partial charge in [0.05, 0.1) is 61.7 Å². The second-order valence-electron chi connectivity index (χ2n) is 13.7. The number of rotatable bonds is 9. The van der Waals surface area contributed by atoms with Gasteiger partial charge in [-0.1, -0.05) is 0 Å². The van der Waals surface area contributed by atoms with Gasteiger partial charge in [0.1, 0.15) is 28.6 Å². The van der Waals surface area contributed by atoms with Gasteiger partial charge >= 0.3 is 0 Å². The Hall–Kier alpha value is -5.41. The van der Waals surface area contributed by atoms with Crippen molar-refractivity contribution in [1.29, 1.82) is 0 Å². The number of aromatic nitrogens is 9. The number of aromatic amines is 1. The summed E-state index contributed by atoms with van der Waals surface area (Å²) in [5.74, 6) is 3.10. The number of hydrogen-bond acceptors (Lipinski definition) is 13. The second kappa shape index (κ2) is 12.7. The van der Waals surface area contributed by atoms with Gasteiger partial charge in [-0.2, -0.15) is 19.9 Å². The predicted octanol–water partition coefficient (Wildman–Crippen LogP) is 4.60. The average Bonchev–Trinajstić information content (AvgIpc) is 3.55. The first-order valence-corrected chi connectivity index (χ1v) is 17.5. The van der Waals surface area contributed by atoms with Crippen LogP contribution in [0, 0.1) is 0 Å². The van der Waals surface area contributed by atoms with Crippen molar-refractivity contribution in [2.24, 2.45) is 0 Å². The molecular weight excluding hydrogens is 650 g/mol. The van der Waals surface area contributed by atoms with E-state index in [2.05, 4.69) is 32.9 Å². The van der Waals surface area contributed by atoms with Crippen molar-refractivity contribution < 1.29 is 18.9 Å². The van der Waals surface area contributed by atoms with E-state index in [0.29, 0.717) is 68.6 Å². The van der Waals surface area contributed by atoms with E-state index in [-0.39, 0.29) is 11.7 Å². The maximum absolute atomic E-state index is 6.33. The van der Waals surface area contributed by atoms with Gasteiger partial charge in [-0.25, -0.2) is 19.9 Å². The van der Waals surface area contributed by atoms with Crippen LogP contribution in [-0.2, 0) is 9.47 Å². The summed E-state index contributed by atoms with van der Waals surface area (Å²) in [6.45, 7) is 11.6. The first-order chi connectivity index (χ1) is 24.9. The molecule has 0 spiro atoms. The molecule has 0 unspecified atom stereocenters. The Morgan fingerprint density at radius 2 is 1.53 bits per heavy atom. The topological polar surface area (TPSA) is 154 Å². The number of nitrogens with one attached hydrogen (secondary N) is 1. The summed E-state index contributed by atoms with van der Waals surface area (Å²) in [5.41, 5.74) is 4.29. The fraction of sp³-hybridized carbons (Fsp3) is 0.417. The van der Waals surface area contributed by atoms with Crippen molar-refractivity contribution in [2.45, 2.75) is 45.3 Å². The number of fused-ring (bicyclic) bond motifs is 2. The number of H-pyrrole nitrogens is 1. The maximum atomic E-state index is 6.33. The molecule has 1 aliphatic carbocycles. The van der Waals surface area contributed by atoms with E-state index >= 15 is 0 Å². The van der Waals surface area contributed by atoms with E-state index in [1.165, 1.54) is 0 Å². The van der Waals surface area contributed by atoms with Gasteiger partial charge < -0.3 is 28.7 Å². The first-order valence-electron chi connectivity index (χ1n) is 17.5. The van der Waals surface area contributed by atoms with Crippen LogP contribution in [0.1, 0.15) is 33.6 Å². The van der Waals surface area contributed by atoms with Crippen LogP contribution in [-0.4, -0.2) is 109 Å². The Labute approximate surface area is 293 Å². The van der Waals surface area contributed by atoms with E-state index in [0.717, 1.165) is 70.6 Å². The lowest BCUT2D eigenvalue weighted by Crippen LogP contribution is -2.37. The van der Waals surface area contributed by atoms with Crippen molar-refractivity contribution in [3.8, 4) is 40.4 Å². The Morgan fingerprint density at radius 1 is 0.804 bits per heavy atom. The van der Waals surface area contributed by atoms with Gasteiger partial charge in [0, 0.05) is 66.9 Å². The summed E-state index contributed by atoms with van der Waals surface area (Å²) in [7, 11) is 0. The minimum absolute atomic E-state index is 0.0248. The zero-order valence-corrected chi connectivity index (χ0v) is 28.9. The number of ether oxygens (including phenoxy) is 4. The summed E-state index contributed by atoms with van der Waals surface area (Å²) >= 11 is 0. The molecule has 8 heterocycles. The number of hydrogen-bond donors (Lipinski definition) is 1. The van der Waals surface area contributed by atoms with Crippen LogP contribution in [0.4, 0.5) is 11.6 Å². The zero-order chi connectivity index (χ0) is 34.5. The molecule has 0 aromatic carbocycles. The van der Waals surface area contributed by atoms with E-state index < -0.39 is 0 Å². The molecule has 1 saturated carbocycles. The van der Waals surface area contributed by atoms with E-state index in [9.17, 15) is 0 Å². The predicted molar refractivity (Wildman–Crippen MR) is 191 cm³/mol. The quantitative estimate of drug-likeness (QED) is 0.225. The van der Waals surface area contributed by atoms with Crippen molar-refractivity contribution in [3.63, 3.8) is 0 Å². The van der Waals surface area contributed by atoms with Crippen molar-refractivity contribution in [3.05, 3.63) is 48.9 Å². The maximum Gasteiger partial charge on any atom is 0.253 e. The van der Waals surface area contributed by atoms with Crippen molar-refractivity contribution in [2.75, 3.05) is 62.4 Å². The molecular formula is C36H39N11O4. The lowest BCUT2D eigenvalue weighted by molar-refractivity contribution is 0.122. The van der Waals surface area contributed by atoms with Gasteiger partial charge in [0.2, 0.25) is 11.8 Å². The van der Waals surface area contributed by atoms with Crippen molar-refractivity contribution >= 4 is 33.4 Å². The van der Waals surface area contributed by atoms with Gasteiger partial charge in [0.25, 0.3) is 5.95 Å². The lowest BCUT2D eigenvalue weighted by atomic mass is 10.1. The Bertz CT molecular complexity index is 2220. The highest BCUT2D eigenvalue weighted by Crippen LogP contribution is 2.41. The summed E-state index contributed by atoms with van der Waals surface area (Å²) in [6.07, 6.45) is 7.34. The van der Waals surface area contributed by atoms with E-state index in [4.69, 9.17) is 49.1 Å². The van der Waals surface area contributed by atoms with Crippen LogP contribution < -0.4 is 19.3 Å². The van der Waals surface area contributed by atoms with Gasteiger partial charge in [0.15, 0.2) is 0 Å². The summed E-state index contributed by atoms with van der Waals surface area (Å²) in [5, 5.41) is 14.7. The normalized spacial score (nSPS) is 17.4. The first kappa shape index (κ1) is 31.6. The fourth-order valence-electron chi connectivity index (χ4n) is 6.47. The SMILES string of the molecule is CC(C)Oc1cc2c(-c3cc(N4CCOCC4)nc(-n4nc(-c5ccnc(N6CCOCC6)c5)c5cc(OC6(C)CC6)ncc54)n3)n[nH]c2cn1. The molecule has 0 bridgehead atoms. The molecule has 3 fully saturated rings. The molecule has 262 valence electrons. The Morgan fingerprint density at radius 3 is 2.27 bits per heavy atom. The third kappa shape index (κ3) is 6.27. The molecule has 2 saturated heterocycles.